The molecule has 0 aliphatic heterocycles. The second-order valence-corrected chi connectivity index (χ2v) is 4.84. The third kappa shape index (κ3) is 2.88. The number of rotatable bonds is 3. The Balaban J connectivity index is 2.14. The van der Waals surface area contributed by atoms with Gasteiger partial charge in [0.25, 0.3) is 0 Å². The standard InChI is InChI=1S/C14H12BrF2N/c1-9-5-6-13(12(17)7-9)18-8-10-3-2-4-11(16)14(10)15/h2-7,18H,8H2,1H3. The van der Waals surface area contributed by atoms with Crippen molar-refractivity contribution in [1.29, 1.82) is 0 Å². The van der Waals surface area contributed by atoms with Gasteiger partial charge in [0.15, 0.2) is 0 Å². The molecule has 0 spiro atoms. The van der Waals surface area contributed by atoms with Crippen LogP contribution in [0, 0.1) is 18.6 Å². The molecule has 94 valence electrons. The molecule has 0 saturated heterocycles. The second kappa shape index (κ2) is 5.48. The molecule has 0 aliphatic carbocycles. The third-order valence-corrected chi connectivity index (χ3v) is 3.51. The Morgan fingerprint density at radius 3 is 2.61 bits per heavy atom. The van der Waals surface area contributed by atoms with Gasteiger partial charge in [-0.15, -0.1) is 0 Å². The monoisotopic (exact) mass is 311 g/mol. The predicted octanol–water partition coefficient (Wildman–Crippen LogP) is 4.65. The van der Waals surface area contributed by atoms with Gasteiger partial charge in [-0.2, -0.15) is 0 Å². The lowest BCUT2D eigenvalue weighted by Crippen LogP contribution is -2.03. The summed E-state index contributed by atoms with van der Waals surface area (Å²) in [4.78, 5) is 0. The van der Waals surface area contributed by atoms with E-state index in [1.807, 2.05) is 13.0 Å². The van der Waals surface area contributed by atoms with Crippen molar-refractivity contribution in [2.75, 3.05) is 5.32 Å². The minimum absolute atomic E-state index is 0.303. The zero-order chi connectivity index (χ0) is 13.1. The number of benzene rings is 2. The molecule has 18 heavy (non-hydrogen) atoms. The number of hydrogen-bond donors (Lipinski definition) is 1. The second-order valence-electron chi connectivity index (χ2n) is 4.05. The van der Waals surface area contributed by atoms with E-state index in [1.165, 1.54) is 12.1 Å². The van der Waals surface area contributed by atoms with Crippen LogP contribution < -0.4 is 5.32 Å². The predicted molar refractivity (Wildman–Crippen MR) is 72.6 cm³/mol. The molecule has 4 heteroatoms. The summed E-state index contributed by atoms with van der Waals surface area (Å²) in [6, 6.07) is 9.75. The maximum absolute atomic E-state index is 13.6. The van der Waals surface area contributed by atoms with Crippen LogP contribution >= 0.6 is 15.9 Å². The topological polar surface area (TPSA) is 12.0 Å². The first-order chi connectivity index (χ1) is 8.58. The molecular weight excluding hydrogens is 300 g/mol. The van der Waals surface area contributed by atoms with Gasteiger partial charge in [-0.05, 0) is 52.2 Å². The molecule has 2 rings (SSSR count). The van der Waals surface area contributed by atoms with E-state index in [0.717, 1.165) is 11.1 Å². The molecule has 2 aromatic carbocycles. The Hall–Kier alpha value is -1.42. The first-order valence-corrected chi connectivity index (χ1v) is 6.30. The van der Waals surface area contributed by atoms with E-state index < -0.39 is 0 Å². The molecule has 0 aliphatic rings. The molecule has 0 aromatic heterocycles. The average Bonchev–Trinajstić information content (AvgIpc) is 2.33. The van der Waals surface area contributed by atoms with Crippen molar-refractivity contribution in [3.63, 3.8) is 0 Å². The first-order valence-electron chi connectivity index (χ1n) is 5.51. The number of nitrogens with one attached hydrogen (secondary N) is 1. The van der Waals surface area contributed by atoms with Crippen molar-refractivity contribution in [2.24, 2.45) is 0 Å². The van der Waals surface area contributed by atoms with Crippen LogP contribution in [-0.4, -0.2) is 0 Å². The zero-order valence-electron chi connectivity index (χ0n) is 9.81. The van der Waals surface area contributed by atoms with E-state index in [9.17, 15) is 8.78 Å². The fourth-order valence-corrected chi connectivity index (χ4v) is 2.04. The summed E-state index contributed by atoms with van der Waals surface area (Å²) >= 11 is 3.18. The number of anilines is 1. The van der Waals surface area contributed by atoms with Gasteiger partial charge in [-0.1, -0.05) is 18.2 Å². The number of hydrogen-bond acceptors (Lipinski definition) is 1. The Bertz CT molecular complexity index is 570. The maximum Gasteiger partial charge on any atom is 0.146 e. The van der Waals surface area contributed by atoms with E-state index >= 15 is 0 Å². The molecule has 0 unspecified atom stereocenters. The van der Waals surface area contributed by atoms with Gasteiger partial charge >= 0.3 is 0 Å². The molecule has 0 saturated carbocycles. The van der Waals surface area contributed by atoms with Gasteiger partial charge in [0.1, 0.15) is 11.6 Å². The van der Waals surface area contributed by atoms with Crippen molar-refractivity contribution in [1.82, 2.24) is 0 Å². The van der Waals surface area contributed by atoms with Crippen LogP contribution in [0.3, 0.4) is 0 Å². The summed E-state index contributed by atoms with van der Waals surface area (Å²) in [7, 11) is 0. The molecule has 0 radical (unpaired) electrons. The highest BCUT2D eigenvalue weighted by Crippen LogP contribution is 2.22. The van der Waals surface area contributed by atoms with Crippen LogP contribution in [-0.2, 0) is 6.54 Å². The highest BCUT2D eigenvalue weighted by atomic mass is 79.9. The van der Waals surface area contributed by atoms with E-state index in [4.69, 9.17) is 0 Å². The van der Waals surface area contributed by atoms with Gasteiger partial charge in [0.05, 0.1) is 10.2 Å². The quantitative estimate of drug-likeness (QED) is 0.870. The Labute approximate surface area is 113 Å². The van der Waals surface area contributed by atoms with E-state index in [1.54, 1.807) is 18.2 Å². The SMILES string of the molecule is Cc1ccc(NCc2cccc(F)c2Br)c(F)c1. The molecule has 0 bridgehead atoms. The van der Waals surface area contributed by atoms with Crippen LogP contribution in [0.1, 0.15) is 11.1 Å². The lowest BCUT2D eigenvalue weighted by molar-refractivity contribution is 0.618. The Morgan fingerprint density at radius 1 is 1.11 bits per heavy atom. The third-order valence-electron chi connectivity index (χ3n) is 2.63. The molecule has 0 amide bonds. The zero-order valence-corrected chi connectivity index (χ0v) is 11.4. The fraction of sp³-hybridized carbons (Fsp3) is 0.143. The van der Waals surface area contributed by atoms with Gasteiger partial charge in [0.2, 0.25) is 0 Å². The Kier molecular flexibility index (Phi) is 3.97. The Morgan fingerprint density at radius 2 is 1.89 bits per heavy atom. The highest BCUT2D eigenvalue weighted by Gasteiger charge is 2.06. The van der Waals surface area contributed by atoms with Gasteiger partial charge in [-0.3, -0.25) is 0 Å². The van der Waals surface area contributed by atoms with Gasteiger partial charge < -0.3 is 5.32 Å². The lowest BCUT2D eigenvalue weighted by atomic mass is 10.2. The van der Waals surface area contributed by atoms with Gasteiger partial charge in [0, 0.05) is 6.54 Å². The molecule has 0 atom stereocenters. The van der Waals surface area contributed by atoms with Gasteiger partial charge in [-0.25, -0.2) is 8.78 Å². The normalized spacial score (nSPS) is 10.4. The van der Waals surface area contributed by atoms with E-state index in [-0.39, 0.29) is 11.6 Å². The van der Waals surface area contributed by atoms with Crippen LogP contribution in [0.5, 0.6) is 0 Å². The molecule has 1 N–H and O–H groups in total. The van der Waals surface area contributed by atoms with E-state index in [0.29, 0.717) is 16.7 Å². The van der Waals surface area contributed by atoms with Crippen molar-refractivity contribution in [2.45, 2.75) is 13.5 Å². The first kappa shape index (κ1) is 13.0. The van der Waals surface area contributed by atoms with E-state index in [2.05, 4.69) is 21.2 Å². The summed E-state index contributed by atoms with van der Waals surface area (Å²) in [5.74, 6) is -0.624. The van der Waals surface area contributed by atoms with Crippen LogP contribution in [0.2, 0.25) is 0 Å². The molecule has 0 fully saturated rings. The minimum atomic E-state index is -0.321. The van der Waals surface area contributed by atoms with Crippen molar-refractivity contribution in [3.8, 4) is 0 Å². The summed E-state index contributed by atoms with van der Waals surface area (Å²) in [5.41, 5.74) is 2.02. The minimum Gasteiger partial charge on any atom is -0.379 e. The van der Waals surface area contributed by atoms with Crippen molar-refractivity contribution >= 4 is 21.6 Å². The van der Waals surface area contributed by atoms with Crippen LogP contribution in [0.15, 0.2) is 40.9 Å². The molecule has 1 nitrogen and oxygen atoms in total. The summed E-state index contributed by atoms with van der Waals surface area (Å²) < 4.78 is 27.3. The fourth-order valence-electron chi connectivity index (χ4n) is 1.64. The maximum atomic E-state index is 13.6. The number of halogens is 3. The molecular formula is C14H12BrF2N. The number of aryl methyl sites for hydroxylation is 1. The summed E-state index contributed by atoms with van der Waals surface area (Å²) in [6.45, 7) is 2.19. The van der Waals surface area contributed by atoms with Crippen LogP contribution in [0.25, 0.3) is 0 Å². The smallest absolute Gasteiger partial charge is 0.146 e. The lowest BCUT2D eigenvalue weighted by Gasteiger charge is -2.10. The summed E-state index contributed by atoms with van der Waals surface area (Å²) in [6.07, 6.45) is 0. The largest absolute Gasteiger partial charge is 0.379 e. The van der Waals surface area contributed by atoms with Crippen LogP contribution in [0.4, 0.5) is 14.5 Å². The van der Waals surface area contributed by atoms with Crippen molar-refractivity contribution < 1.29 is 8.78 Å². The average molecular weight is 312 g/mol. The molecule has 0 heterocycles. The highest BCUT2D eigenvalue weighted by molar-refractivity contribution is 9.10. The molecule has 2 aromatic rings. The van der Waals surface area contributed by atoms with Crippen molar-refractivity contribution in [3.05, 3.63) is 63.6 Å². The summed E-state index contributed by atoms with van der Waals surface area (Å²) in [5, 5.41) is 2.95.